The second-order valence-corrected chi connectivity index (χ2v) is 3.70. The van der Waals surface area contributed by atoms with Crippen molar-refractivity contribution in [2.45, 2.75) is 0 Å². The first-order valence-corrected chi connectivity index (χ1v) is 4.89. The molecular weight excluding hydrogens is 224 g/mol. The van der Waals surface area contributed by atoms with Gasteiger partial charge in [-0.25, -0.2) is 4.79 Å². The van der Waals surface area contributed by atoms with Gasteiger partial charge in [0, 0.05) is 14.1 Å². The van der Waals surface area contributed by atoms with Crippen LogP contribution in [-0.2, 0) is 4.84 Å². The molecule has 3 amide bonds. The van der Waals surface area contributed by atoms with Crippen LogP contribution in [0.1, 0.15) is 20.7 Å². The number of carbonyl (C=O) groups is 3. The lowest BCUT2D eigenvalue weighted by Crippen LogP contribution is -2.36. The van der Waals surface area contributed by atoms with E-state index < -0.39 is 17.9 Å². The van der Waals surface area contributed by atoms with Gasteiger partial charge in [-0.2, -0.15) is 0 Å². The minimum atomic E-state index is -0.778. The van der Waals surface area contributed by atoms with Crippen LogP contribution in [0, 0.1) is 0 Å². The lowest BCUT2D eigenvalue weighted by Gasteiger charge is -2.15. The van der Waals surface area contributed by atoms with Crippen LogP contribution in [0.2, 0.25) is 0 Å². The van der Waals surface area contributed by atoms with E-state index in [2.05, 4.69) is 0 Å². The highest BCUT2D eigenvalue weighted by Crippen LogP contribution is 2.22. The first-order valence-electron chi connectivity index (χ1n) is 4.89. The van der Waals surface area contributed by atoms with E-state index in [0.29, 0.717) is 5.06 Å². The molecule has 1 aromatic carbocycles. The summed E-state index contributed by atoms with van der Waals surface area (Å²) in [6.45, 7) is 0. The lowest BCUT2D eigenvalue weighted by molar-refractivity contribution is -0.0534. The zero-order valence-corrected chi connectivity index (χ0v) is 9.34. The smallest absolute Gasteiger partial charge is 0.312 e. The second kappa shape index (κ2) is 3.89. The average Bonchev–Trinajstić information content (AvgIpc) is 2.55. The normalized spacial score (nSPS) is 13.6. The van der Waals surface area contributed by atoms with Gasteiger partial charge in [0.1, 0.15) is 0 Å². The van der Waals surface area contributed by atoms with Crippen LogP contribution in [0.15, 0.2) is 24.3 Å². The average molecular weight is 234 g/mol. The molecule has 1 heterocycles. The van der Waals surface area contributed by atoms with E-state index in [1.807, 2.05) is 0 Å². The summed E-state index contributed by atoms with van der Waals surface area (Å²) in [6, 6.07) is 6.31. The molecule has 0 atom stereocenters. The molecule has 6 heteroatoms. The summed E-state index contributed by atoms with van der Waals surface area (Å²) in [5, 5.41) is 0.479. The van der Waals surface area contributed by atoms with E-state index in [9.17, 15) is 14.4 Å². The highest BCUT2D eigenvalue weighted by atomic mass is 16.7. The lowest BCUT2D eigenvalue weighted by atomic mass is 10.1. The third kappa shape index (κ3) is 1.73. The van der Waals surface area contributed by atoms with Crippen LogP contribution >= 0.6 is 0 Å². The number of rotatable bonds is 1. The quantitative estimate of drug-likeness (QED) is 0.677. The predicted molar refractivity (Wildman–Crippen MR) is 57.1 cm³/mol. The maximum absolute atomic E-state index is 11.8. The maximum Gasteiger partial charge on any atom is 0.434 e. The molecule has 0 N–H and O–H groups in total. The molecule has 0 aromatic heterocycles. The van der Waals surface area contributed by atoms with Gasteiger partial charge in [-0.15, -0.1) is 0 Å². The van der Waals surface area contributed by atoms with Crippen molar-refractivity contribution in [3.05, 3.63) is 35.4 Å². The maximum atomic E-state index is 11.8. The Kier molecular flexibility index (Phi) is 2.55. The molecule has 17 heavy (non-hydrogen) atoms. The monoisotopic (exact) mass is 234 g/mol. The molecule has 2 rings (SSSR count). The number of imide groups is 1. The van der Waals surface area contributed by atoms with Gasteiger partial charge < -0.3 is 9.74 Å². The van der Waals surface area contributed by atoms with Gasteiger partial charge in [0.05, 0.1) is 11.1 Å². The van der Waals surface area contributed by atoms with Crippen molar-refractivity contribution in [1.82, 2.24) is 9.96 Å². The Labute approximate surface area is 97.3 Å². The standard InChI is InChI=1S/C11H10N2O4/c1-12(2)11(16)17-13-9(14)7-5-3-4-6-8(7)10(13)15/h3-6H,1-2H3. The Morgan fingerprint density at radius 1 is 1.12 bits per heavy atom. The van der Waals surface area contributed by atoms with Gasteiger partial charge in [0.2, 0.25) is 0 Å². The molecule has 0 spiro atoms. The molecule has 6 nitrogen and oxygen atoms in total. The predicted octanol–water partition coefficient (Wildman–Crippen LogP) is 0.896. The molecule has 88 valence electrons. The van der Waals surface area contributed by atoms with Gasteiger partial charge in [0.15, 0.2) is 0 Å². The number of hydrogen-bond donors (Lipinski definition) is 0. The van der Waals surface area contributed by atoms with Crippen molar-refractivity contribution < 1.29 is 19.2 Å². The zero-order chi connectivity index (χ0) is 12.6. The SMILES string of the molecule is CN(C)C(=O)ON1C(=O)c2ccccc2C1=O. The summed E-state index contributed by atoms with van der Waals surface area (Å²) < 4.78 is 0. The first kappa shape index (κ1) is 11.1. The molecule has 0 fully saturated rings. The number of fused-ring (bicyclic) bond motifs is 1. The summed E-state index contributed by atoms with van der Waals surface area (Å²) in [4.78, 5) is 40.7. The van der Waals surface area contributed by atoms with Crippen molar-refractivity contribution in [3.8, 4) is 0 Å². The van der Waals surface area contributed by atoms with Crippen LogP contribution in [0.25, 0.3) is 0 Å². The number of hydrogen-bond acceptors (Lipinski definition) is 4. The fraction of sp³-hybridized carbons (Fsp3) is 0.182. The molecule has 0 bridgehead atoms. The van der Waals surface area contributed by atoms with Gasteiger partial charge in [-0.1, -0.05) is 17.2 Å². The third-order valence-electron chi connectivity index (χ3n) is 2.29. The Balaban J connectivity index is 2.28. The van der Waals surface area contributed by atoms with Crippen molar-refractivity contribution in [3.63, 3.8) is 0 Å². The van der Waals surface area contributed by atoms with E-state index in [1.165, 1.54) is 26.2 Å². The molecule has 0 aliphatic carbocycles. The molecule has 0 radical (unpaired) electrons. The van der Waals surface area contributed by atoms with Crippen molar-refractivity contribution >= 4 is 17.9 Å². The fourth-order valence-corrected chi connectivity index (χ4v) is 1.41. The highest BCUT2D eigenvalue weighted by Gasteiger charge is 2.38. The second-order valence-electron chi connectivity index (χ2n) is 3.70. The van der Waals surface area contributed by atoms with E-state index >= 15 is 0 Å². The zero-order valence-electron chi connectivity index (χ0n) is 9.34. The minimum absolute atomic E-state index is 0.240. The van der Waals surface area contributed by atoms with Gasteiger partial charge >= 0.3 is 6.09 Å². The molecule has 1 aliphatic rings. The largest absolute Gasteiger partial charge is 0.434 e. The molecular formula is C11H10N2O4. The molecule has 0 saturated carbocycles. The Hall–Kier alpha value is -2.37. The van der Waals surface area contributed by atoms with Crippen LogP contribution in [0.5, 0.6) is 0 Å². The number of hydroxylamine groups is 2. The number of amides is 3. The van der Waals surface area contributed by atoms with Crippen LogP contribution < -0.4 is 0 Å². The summed E-state index contributed by atoms with van der Waals surface area (Å²) in [7, 11) is 2.92. The van der Waals surface area contributed by atoms with Crippen molar-refractivity contribution in [1.29, 1.82) is 0 Å². The Morgan fingerprint density at radius 2 is 1.59 bits per heavy atom. The molecule has 0 saturated heterocycles. The highest BCUT2D eigenvalue weighted by molar-refractivity contribution is 6.20. The summed E-state index contributed by atoms with van der Waals surface area (Å²) >= 11 is 0. The van der Waals surface area contributed by atoms with Crippen molar-refractivity contribution in [2.24, 2.45) is 0 Å². The Morgan fingerprint density at radius 3 is 2.00 bits per heavy atom. The molecule has 0 unspecified atom stereocenters. The number of carbonyl (C=O) groups excluding carboxylic acids is 3. The summed E-state index contributed by atoms with van der Waals surface area (Å²) in [5.41, 5.74) is 0.480. The van der Waals surface area contributed by atoms with E-state index in [0.717, 1.165) is 4.90 Å². The first-order chi connectivity index (χ1) is 8.02. The van der Waals surface area contributed by atoms with Gasteiger partial charge in [0.25, 0.3) is 11.8 Å². The number of nitrogens with zero attached hydrogens (tertiary/aromatic N) is 2. The van der Waals surface area contributed by atoms with E-state index in [1.54, 1.807) is 12.1 Å². The van der Waals surface area contributed by atoms with Crippen LogP contribution in [-0.4, -0.2) is 42.0 Å². The van der Waals surface area contributed by atoms with E-state index in [-0.39, 0.29) is 11.1 Å². The summed E-state index contributed by atoms with van der Waals surface area (Å²) in [5.74, 6) is -1.25. The van der Waals surface area contributed by atoms with Gasteiger partial charge in [-0.05, 0) is 12.1 Å². The van der Waals surface area contributed by atoms with Crippen LogP contribution in [0.3, 0.4) is 0 Å². The van der Waals surface area contributed by atoms with Gasteiger partial charge in [-0.3, -0.25) is 9.59 Å². The van der Waals surface area contributed by atoms with Crippen molar-refractivity contribution in [2.75, 3.05) is 14.1 Å². The fourth-order valence-electron chi connectivity index (χ4n) is 1.41. The topological polar surface area (TPSA) is 66.9 Å². The summed E-state index contributed by atoms with van der Waals surface area (Å²) in [6.07, 6.45) is -0.778. The van der Waals surface area contributed by atoms with Crippen LogP contribution in [0.4, 0.5) is 4.79 Å². The molecule has 1 aromatic rings. The third-order valence-corrected chi connectivity index (χ3v) is 2.29. The number of benzene rings is 1. The molecule has 1 aliphatic heterocycles. The van der Waals surface area contributed by atoms with E-state index in [4.69, 9.17) is 4.84 Å². The Bertz CT molecular complexity index is 475. The minimum Gasteiger partial charge on any atom is -0.312 e.